The second-order valence-corrected chi connectivity index (χ2v) is 10.3. The molecule has 2 saturated carbocycles. The Labute approximate surface area is 165 Å². The van der Waals surface area contributed by atoms with Gasteiger partial charge in [-0.2, -0.15) is 0 Å². The molecule has 0 spiro atoms. The van der Waals surface area contributed by atoms with E-state index in [4.69, 9.17) is 4.74 Å². The topological polar surface area (TPSA) is 63.7 Å². The molecule has 3 fully saturated rings. The lowest BCUT2D eigenvalue weighted by Gasteiger charge is -2.28. The summed E-state index contributed by atoms with van der Waals surface area (Å²) in [5, 5.41) is 0. The molecule has 3 aliphatic rings. The van der Waals surface area contributed by atoms with E-state index in [-0.39, 0.29) is 57.2 Å². The highest BCUT2D eigenvalue weighted by molar-refractivity contribution is 9.12. The number of hydrogen-bond donors (Lipinski definition) is 0. The minimum atomic E-state index is -0.810. The van der Waals surface area contributed by atoms with Crippen LogP contribution in [-0.2, 0) is 19.1 Å². The van der Waals surface area contributed by atoms with Gasteiger partial charge in [-0.3, -0.25) is 14.5 Å². The van der Waals surface area contributed by atoms with Crippen molar-refractivity contribution in [3.8, 4) is 0 Å². The molecule has 0 aromatic rings. The second-order valence-electron chi connectivity index (χ2n) is 8.18. The van der Waals surface area contributed by atoms with Gasteiger partial charge < -0.3 is 4.74 Å². The third-order valence-corrected chi connectivity index (χ3v) is 8.86. The fourth-order valence-corrected chi connectivity index (χ4v) is 6.62. The molecule has 1 aliphatic heterocycles. The maximum Gasteiger partial charge on any atom is 0.329 e. The van der Waals surface area contributed by atoms with Crippen LogP contribution in [0.4, 0.5) is 0 Å². The molecular weight excluding hydrogens is 454 g/mol. The summed E-state index contributed by atoms with van der Waals surface area (Å²) in [5.74, 6) is -0.938. The Kier molecular flexibility index (Phi) is 5.37. The zero-order valence-corrected chi connectivity index (χ0v) is 18.1. The van der Waals surface area contributed by atoms with Gasteiger partial charge in [0.05, 0.1) is 17.9 Å². The first-order chi connectivity index (χ1) is 11.6. The van der Waals surface area contributed by atoms with Crippen molar-refractivity contribution in [1.29, 1.82) is 0 Å². The van der Waals surface area contributed by atoms with Crippen LogP contribution in [0.5, 0.6) is 0 Å². The molecule has 1 heterocycles. The first kappa shape index (κ1) is 19.3. The fourth-order valence-electron chi connectivity index (χ4n) is 4.74. The van der Waals surface area contributed by atoms with Crippen molar-refractivity contribution in [2.24, 2.45) is 29.6 Å². The Bertz CT molecular complexity index is 562. The van der Waals surface area contributed by atoms with Crippen LogP contribution >= 0.6 is 31.9 Å². The summed E-state index contributed by atoms with van der Waals surface area (Å²) in [7, 11) is 0. The normalized spacial score (nSPS) is 38.0. The van der Waals surface area contributed by atoms with E-state index in [0.717, 1.165) is 6.42 Å². The predicted octanol–water partition coefficient (Wildman–Crippen LogP) is 3.13. The zero-order chi connectivity index (χ0) is 18.6. The van der Waals surface area contributed by atoms with Gasteiger partial charge in [-0.1, -0.05) is 45.7 Å². The van der Waals surface area contributed by atoms with Crippen molar-refractivity contribution < 1.29 is 19.1 Å². The zero-order valence-electron chi connectivity index (χ0n) is 14.9. The number of carbonyl (C=O) groups is 3. The van der Waals surface area contributed by atoms with Crippen LogP contribution in [0.1, 0.15) is 40.5 Å². The third kappa shape index (κ3) is 3.09. The lowest BCUT2D eigenvalue weighted by Crippen LogP contribution is -2.48. The van der Waals surface area contributed by atoms with Crippen LogP contribution in [0.15, 0.2) is 0 Å². The van der Waals surface area contributed by atoms with Gasteiger partial charge in [0.1, 0.15) is 6.04 Å². The number of halogens is 2. The quantitative estimate of drug-likeness (QED) is 0.346. The summed E-state index contributed by atoms with van der Waals surface area (Å²) in [6.45, 7) is 7.51. The molecule has 0 aromatic heterocycles. The van der Waals surface area contributed by atoms with Crippen LogP contribution in [0, 0.1) is 29.6 Å². The first-order valence-corrected chi connectivity index (χ1v) is 10.8. The average Bonchev–Trinajstić information content (AvgIpc) is 3.09. The van der Waals surface area contributed by atoms with Gasteiger partial charge in [0.2, 0.25) is 11.8 Å². The Morgan fingerprint density at radius 1 is 1.08 bits per heavy atom. The maximum absolute atomic E-state index is 13.1. The average molecular weight is 479 g/mol. The van der Waals surface area contributed by atoms with E-state index in [9.17, 15) is 14.4 Å². The van der Waals surface area contributed by atoms with Crippen molar-refractivity contribution in [3.05, 3.63) is 0 Å². The molecule has 1 saturated heterocycles. The highest BCUT2D eigenvalue weighted by Crippen LogP contribution is 2.60. The van der Waals surface area contributed by atoms with E-state index in [1.54, 1.807) is 13.8 Å². The number of likely N-dealkylation sites (tertiary alicyclic amines) is 1. The molecule has 7 atom stereocenters. The van der Waals surface area contributed by atoms with E-state index in [1.807, 2.05) is 13.8 Å². The SMILES string of the molecule is CC(C)C[C@H](C(=O)OC(C)C)N1C(=O)[C@@H]2[C@H]3C[C@@H]([C@H](Br)[C@H]3Br)[C@H]2C1=O. The largest absolute Gasteiger partial charge is 0.461 e. The van der Waals surface area contributed by atoms with E-state index < -0.39 is 12.0 Å². The molecule has 3 rings (SSSR count). The smallest absolute Gasteiger partial charge is 0.329 e. The molecule has 7 heteroatoms. The van der Waals surface area contributed by atoms with Gasteiger partial charge in [-0.15, -0.1) is 0 Å². The number of hydrogen-bond acceptors (Lipinski definition) is 4. The molecule has 140 valence electrons. The standard InChI is InChI=1S/C18H25Br2NO4/c1-7(2)5-11(18(24)25-8(3)4)21-16(22)12-9-6-10(13(12)17(21)23)15(20)14(9)19/h7-15H,5-6H2,1-4H3/t9-,10-,11-,12-,13-,14+,15+/m1/s1. The predicted molar refractivity (Wildman–Crippen MR) is 100 cm³/mol. The Morgan fingerprint density at radius 2 is 1.56 bits per heavy atom. The van der Waals surface area contributed by atoms with Gasteiger partial charge in [0.15, 0.2) is 0 Å². The van der Waals surface area contributed by atoms with Crippen LogP contribution in [0.3, 0.4) is 0 Å². The summed E-state index contributed by atoms with van der Waals surface area (Å²) in [5.41, 5.74) is 0. The fraction of sp³-hybridized carbons (Fsp3) is 0.833. The molecule has 2 amide bonds. The summed E-state index contributed by atoms with van der Waals surface area (Å²) >= 11 is 7.37. The number of imide groups is 1. The third-order valence-electron chi connectivity index (χ3n) is 5.65. The monoisotopic (exact) mass is 477 g/mol. The summed E-state index contributed by atoms with van der Waals surface area (Å²) in [6, 6.07) is -0.810. The van der Waals surface area contributed by atoms with Crippen molar-refractivity contribution >= 4 is 49.6 Å². The highest BCUT2D eigenvalue weighted by atomic mass is 79.9. The summed E-state index contributed by atoms with van der Waals surface area (Å²) in [4.78, 5) is 40.5. The second kappa shape index (κ2) is 6.95. The molecule has 25 heavy (non-hydrogen) atoms. The Morgan fingerprint density at radius 3 is 1.96 bits per heavy atom. The number of ether oxygens (including phenoxy) is 1. The van der Waals surface area contributed by atoms with Gasteiger partial charge in [-0.05, 0) is 44.4 Å². The number of amides is 2. The van der Waals surface area contributed by atoms with Crippen LogP contribution in [-0.4, -0.2) is 44.5 Å². The minimum Gasteiger partial charge on any atom is -0.461 e. The molecule has 2 aliphatic carbocycles. The van der Waals surface area contributed by atoms with E-state index in [2.05, 4.69) is 31.9 Å². The van der Waals surface area contributed by atoms with Gasteiger partial charge in [0, 0.05) is 9.65 Å². The highest BCUT2D eigenvalue weighted by Gasteiger charge is 2.67. The van der Waals surface area contributed by atoms with Crippen molar-refractivity contribution in [2.45, 2.75) is 62.3 Å². The summed E-state index contributed by atoms with van der Waals surface area (Å²) < 4.78 is 5.35. The molecule has 2 bridgehead atoms. The molecule has 0 unspecified atom stereocenters. The number of rotatable bonds is 5. The number of alkyl halides is 2. The molecular formula is C18H25Br2NO4. The van der Waals surface area contributed by atoms with Crippen molar-refractivity contribution in [3.63, 3.8) is 0 Å². The summed E-state index contributed by atoms with van der Waals surface area (Å²) in [6.07, 6.45) is 1.05. The van der Waals surface area contributed by atoms with Gasteiger partial charge in [0.25, 0.3) is 0 Å². The molecule has 0 aromatic carbocycles. The minimum absolute atomic E-state index is 0.154. The van der Waals surface area contributed by atoms with Gasteiger partial charge in [-0.25, -0.2) is 4.79 Å². The lowest BCUT2D eigenvalue weighted by atomic mass is 9.81. The Balaban J connectivity index is 1.89. The Hall–Kier alpha value is -0.430. The number of carbonyl (C=O) groups excluding carboxylic acids is 3. The molecule has 0 radical (unpaired) electrons. The van der Waals surface area contributed by atoms with E-state index in [1.165, 1.54) is 4.90 Å². The lowest BCUT2D eigenvalue weighted by molar-refractivity contribution is -0.162. The van der Waals surface area contributed by atoms with Crippen LogP contribution in [0.2, 0.25) is 0 Å². The molecule has 5 nitrogen and oxygen atoms in total. The van der Waals surface area contributed by atoms with Crippen LogP contribution in [0.25, 0.3) is 0 Å². The van der Waals surface area contributed by atoms with Crippen LogP contribution < -0.4 is 0 Å². The van der Waals surface area contributed by atoms with Crippen molar-refractivity contribution in [1.82, 2.24) is 4.90 Å². The van der Waals surface area contributed by atoms with E-state index in [0.29, 0.717) is 6.42 Å². The number of nitrogens with zero attached hydrogens (tertiary/aromatic N) is 1. The number of esters is 1. The van der Waals surface area contributed by atoms with E-state index >= 15 is 0 Å². The maximum atomic E-state index is 13.1. The van der Waals surface area contributed by atoms with Crippen molar-refractivity contribution in [2.75, 3.05) is 0 Å². The molecule has 0 N–H and O–H groups in total. The first-order valence-electron chi connectivity index (χ1n) is 9.00. The van der Waals surface area contributed by atoms with Gasteiger partial charge >= 0.3 is 5.97 Å². The number of fused-ring (bicyclic) bond motifs is 5.